The molecule has 0 aliphatic rings. The number of aromatic nitrogens is 1. The number of amides is 2. The Bertz CT molecular complexity index is 686. The van der Waals surface area contributed by atoms with Gasteiger partial charge >= 0.3 is 6.03 Å². The van der Waals surface area contributed by atoms with Crippen LogP contribution in [0.25, 0.3) is 0 Å². The molecule has 2 rings (SSSR count). The first-order valence-electron chi connectivity index (χ1n) is 7.58. The summed E-state index contributed by atoms with van der Waals surface area (Å²) in [4.78, 5) is 18.2. The first-order chi connectivity index (χ1) is 11.0. The van der Waals surface area contributed by atoms with Crippen LogP contribution < -0.4 is 21.5 Å². The molecule has 1 aromatic carbocycles. The summed E-state index contributed by atoms with van der Waals surface area (Å²) in [5.41, 5.74) is 6.91. The van der Waals surface area contributed by atoms with Crippen molar-refractivity contribution >= 4 is 17.4 Å². The second kappa shape index (κ2) is 7.60. The van der Waals surface area contributed by atoms with Gasteiger partial charge in [-0.25, -0.2) is 10.6 Å². The van der Waals surface area contributed by atoms with E-state index in [1.807, 2.05) is 44.3 Å². The van der Waals surface area contributed by atoms with Crippen LogP contribution in [0, 0.1) is 6.92 Å². The molecule has 0 atom stereocenters. The lowest BCUT2D eigenvalue weighted by Gasteiger charge is -2.25. The summed E-state index contributed by atoms with van der Waals surface area (Å²) in [6, 6.07) is 11.4. The number of hydrogen-bond donors (Lipinski definition) is 3. The van der Waals surface area contributed by atoms with Crippen LogP contribution in [0.2, 0.25) is 0 Å². The maximum Gasteiger partial charge on any atom is 0.333 e. The molecule has 2 amide bonds. The molecule has 0 saturated heterocycles. The number of nitrogens with two attached hydrogens (primary N) is 1. The topological polar surface area (TPSA) is 83.3 Å². The first kappa shape index (κ1) is 16.8. The van der Waals surface area contributed by atoms with Crippen molar-refractivity contribution in [3.05, 3.63) is 53.3 Å². The third kappa shape index (κ3) is 4.20. The Labute approximate surface area is 136 Å². The molecule has 6 nitrogen and oxygen atoms in total. The van der Waals surface area contributed by atoms with Crippen LogP contribution in [0.1, 0.15) is 23.9 Å². The average Bonchev–Trinajstić information content (AvgIpc) is 2.54. The van der Waals surface area contributed by atoms with Gasteiger partial charge in [0, 0.05) is 12.7 Å². The molecule has 0 aliphatic heterocycles. The number of hydrazine groups is 1. The fraction of sp³-hybridized carbons (Fsp3) is 0.294. The third-order valence-electron chi connectivity index (χ3n) is 3.61. The number of benzene rings is 1. The highest BCUT2D eigenvalue weighted by Gasteiger charge is 2.14. The normalized spacial score (nSPS) is 10.3. The van der Waals surface area contributed by atoms with Crippen LogP contribution >= 0.6 is 0 Å². The minimum absolute atomic E-state index is 0.443. The molecule has 0 spiro atoms. The van der Waals surface area contributed by atoms with E-state index in [2.05, 4.69) is 33.6 Å². The predicted molar refractivity (Wildman–Crippen MR) is 93.2 cm³/mol. The number of aryl methyl sites for hydroxylation is 2. The van der Waals surface area contributed by atoms with Crippen LogP contribution in [-0.4, -0.2) is 18.1 Å². The lowest BCUT2D eigenvalue weighted by molar-refractivity contribution is 0.252. The number of hydrogen-bond acceptors (Lipinski definition) is 4. The lowest BCUT2D eigenvalue weighted by Crippen LogP contribution is -2.35. The van der Waals surface area contributed by atoms with Gasteiger partial charge in [-0.15, -0.1) is 0 Å². The van der Waals surface area contributed by atoms with Gasteiger partial charge in [0.05, 0.1) is 23.6 Å². The Morgan fingerprint density at radius 3 is 2.65 bits per heavy atom. The summed E-state index contributed by atoms with van der Waals surface area (Å²) in [6.45, 7) is 4.71. The second-order valence-electron chi connectivity index (χ2n) is 5.39. The van der Waals surface area contributed by atoms with Crippen molar-refractivity contribution in [3.63, 3.8) is 0 Å². The van der Waals surface area contributed by atoms with Crippen LogP contribution in [0.15, 0.2) is 36.4 Å². The Hall–Kier alpha value is -2.60. The first-order valence-corrected chi connectivity index (χ1v) is 7.58. The molecule has 23 heavy (non-hydrogen) atoms. The van der Waals surface area contributed by atoms with E-state index in [1.165, 1.54) is 0 Å². The van der Waals surface area contributed by atoms with Gasteiger partial charge in [0.15, 0.2) is 0 Å². The van der Waals surface area contributed by atoms with E-state index in [0.29, 0.717) is 6.54 Å². The number of rotatable bonds is 5. The maximum atomic E-state index is 11.6. The zero-order valence-corrected chi connectivity index (χ0v) is 13.8. The van der Waals surface area contributed by atoms with Gasteiger partial charge in [0.25, 0.3) is 0 Å². The smallest absolute Gasteiger partial charge is 0.333 e. The molecule has 0 bridgehead atoms. The molecule has 0 fully saturated rings. The third-order valence-corrected chi connectivity index (χ3v) is 3.61. The van der Waals surface area contributed by atoms with Crippen LogP contribution in [-0.2, 0) is 13.0 Å². The van der Waals surface area contributed by atoms with Crippen molar-refractivity contribution in [1.82, 2.24) is 10.4 Å². The van der Waals surface area contributed by atoms with Gasteiger partial charge in [-0.05, 0) is 37.1 Å². The fourth-order valence-corrected chi connectivity index (χ4v) is 2.60. The van der Waals surface area contributed by atoms with Crippen molar-refractivity contribution in [3.8, 4) is 0 Å². The van der Waals surface area contributed by atoms with Crippen molar-refractivity contribution in [2.75, 3.05) is 17.3 Å². The highest BCUT2D eigenvalue weighted by atomic mass is 16.2. The molecular weight excluding hydrogens is 290 g/mol. The van der Waals surface area contributed by atoms with Gasteiger partial charge < -0.3 is 10.2 Å². The van der Waals surface area contributed by atoms with Crippen molar-refractivity contribution < 1.29 is 4.79 Å². The van der Waals surface area contributed by atoms with E-state index in [9.17, 15) is 4.79 Å². The molecule has 4 N–H and O–H groups in total. The van der Waals surface area contributed by atoms with Crippen molar-refractivity contribution in [1.29, 1.82) is 0 Å². The highest BCUT2D eigenvalue weighted by Crippen LogP contribution is 2.30. The second-order valence-corrected chi connectivity index (χ2v) is 5.39. The highest BCUT2D eigenvalue weighted by molar-refractivity contribution is 5.93. The lowest BCUT2D eigenvalue weighted by atomic mass is 10.1. The predicted octanol–water partition coefficient (Wildman–Crippen LogP) is 2.58. The Kier molecular flexibility index (Phi) is 5.54. The SMILES string of the molecule is CCc1cccc(NC(=O)NN)c1N(C)Cc1cccc(C)n1. The zero-order valence-electron chi connectivity index (χ0n) is 13.8. The summed E-state index contributed by atoms with van der Waals surface area (Å²) < 4.78 is 0. The van der Waals surface area contributed by atoms with E-state index >= 15 is 0 Å². The van der Waals surface area contributed by atoms with Gasteiger partial charge in [-0.1, -0.05) is 25.1 Å². The molecule has 0 unspecified atom stereocenters. The number of carbonyl (C=O) groups is 1. The number of nitrogens with one attached hydrogen (secondary N) is 2. The van der Waals surface area contributed by atoms with Gasteiger partial charge in [-0.3, -0.25) is 10.4 Å². The summed E-state index contributed by atoms with van der Waals surface area (Å²) in [7, 11) is 1.99. The Balaban J connectivity index is 2.33. The number of carbonyl (C=O) groups excluding carboxylic acids is 1. The van der Waals surface area contributed by atoms with Gasteiger partial charge in [0.2, 0.25) is 0 Å². The zero-order chi connectivity index (χ0) is 16.8. The molecule has 122 valence electrons. The molecule has 0 aliphatic carbocycles. The van der Waals surface area contributed by atoms with E-state index in [-0.39, 0.29) is 0 Å². The Morgan fingerprint density at radius 1 is 1.26 bits per heavy atom. The fourth-order valence-electron chi connectivity index (χ4n) is 2.60. The summed E-state index contributed by atoms with van der Waals surface area (Å²) >= 11 is 0. The molecule has 1 aromatic heterocycles. The summed E-state index contributed by atoms with van der Waals surface area (Å²) in [5, 5.41) is 2.78. The maximum absolute atomic E-state index is 11.6. The number of para-hydroxylation sites is 1. The van der Waals surface area contributed by atoms with Gasteiger partial charge in [0.1, 0.15) is 0 Å². The van der Waals surface area contributed by atoms with E-state index < -0.39 is 6.03 Å². The molecule has 0 saturated carbocycles. The Morgan fingerprint density at radius 2 is 2.00 bits per heavy atom. The van der Waals surface area contributed by atoms with E-state index in [1.54, 1.807) is 0 Å². The molecule has 2 aromatic rings. The van der Waals surface area contributed by atoms with Crippen LogP contribution in [0.5, 0.6) is 0 Å². The van der Waals surface area contributed by atoms with Gasteiger partial charge in [-0.2, -0.15) is 0 Å². The largest absolute Gasteiger partial charge is 0.367 e. The molecule has 1 heterocycles. The number of nitrogens with zero attached hydrogens (tertiary/aromatic N) is 2. The molecule has 0 radical (unpaired) electrons. The van der Waals surface area contributed by atoms with E-state index in [4.69, 9.17) is 5.84 Å². The minimum Gasteiger partial charge on any atom is -0.367 e. The van der Waals surface area contributed by atoms with E-state index in [0.717, 1.165) is 34.7 Å². The minimum atomic E-state index is -0.443. The number of urea groups is 1. The number of anilines is 2. The standard InChI is InChI=1S/C17H23N5O/c1-4-13-8-6-10-15(20-17(23)21-18)16(13)22(3)11-14-9-5-7-12(2)19-14/h5-10H,4,11,18H2,1-3H3,(H2,20,21,23). The quantitative estimate of drug-likeness (QED) is 0.450. The van der Waals surface area contributed by atoms with Crippen LogP contribution in [0.3, 0.4) is 0 Å². The molecule has 6 heteroatoms. The monoisotopic (exact) mass is 313 g/mol. The summed E-state index contributed by atoms with van der Waals surface area (Å²) in [5.74, 6) is 5.17. The number of pyridine rings is 1. The van der Waals surface area contributed by atoms with Crippen molar-refractivity contribution in [2.45, 2.75) is 26.8 Å². The summed E-state index contributed by atoms with van der Waals surface area (Å²) in [6.07, 6.45) is 0.862. The van der Waals surface area contributed by atoms with Crippen molar-refractivity contribution in [2.24, 2.45) is 5.84 Å². The molecular formula is C17H23N5O. The van der Waals surface area contributed by atoms with Crippen LogP contribution in [0.4, 0.5) is 16.2 Å². The average molecular weight is 313 g/mol.